The lowest BCUT2D eigenvalue weighted by Gasteiger charge is -2.32. The summed E-state index contributed by atoms with van der Waals surface area (Å²) in [6.07, 6.45) is 2.84. The molecule has 1 aliphatic heterocycles. The zero-order valence-corrected chi connectivity index (χ0v) is 10.4. The summed E-state index contributed by atoms with van der Waals surface area (Å²) in [5, 5.41) is 9.88. The predicted molar refractivity (Wildman–Crippen MR) is 67.1 cm³/mol. The summed E-state index contributed by atoms with van der Waals surface area (Å²) in [4.78, 5) is 13.2. The van der Waals surface area contributed by atoms with Crippen LogP contribution in [-0.2, 0) is 11.3 Å². The molecular weight excluding hydrogens is 238 g/mol. The zero-order chi connectivity index (χ0) is 12.3. The van der Waals surface area contributed by atoms with E-state index in [9.17, 15) is 4.79 Å². The Morgan fingerprint density at radius 1 is 1.35 bits per heavy atom. The lowest BCUT2D eigenvalue weighted by atomic mass is 10.0. The summed E-state index contributed by atoms with van der Waals surface area (Å²) in [5.74, 6) is -0.710. The number of rotatable bonds is 3. The minimum Gasteiger partial charge on any atom is -0.480 e. The van der Waals surface area contributed by atoms with Gasteiger partial charge in [0.1, 0.15) is 6.04 Å². The summed E-state index contributed by atoms with van der Waals surface area (Å²) in [6, 6.07) is 7.26. The van der Waals surface area contributed by atoms with E-state index in [4.69, 9.17) is 16.7 Å². The molecule has 1 atom stereocenters. The van der Waals surface area contributed by atoms with Crippen LogP contribution in [0.15, 0.2) is 24.3 Å². The van der Waals surface area contributed by atoms with Gasteiger partial charge in [-0.3, -0.25) is 9.69 Å². The first-order chi connectivity index (χ1) is 8.16. The zero-order valence-electron chi connectivity index (χ0n) is 9.60. The van der Waals surface area contributed by atoms with Gasteiger partial charge in [0.25, 0.3) is 0 Å². The maximum Gasteiger partial charge on any atom is 0.320 e. The Morgan fingerprint density at radius 3 is 2.71 bits per heavy atom. The van der Waals surface area contributed by atoms with E-state index in [1.807, 2.05) is 29.2 Å². The molecule has 3 nitrogen and oxygen atoms in total. The third kappa shape index (κ3) is 3.20. The summed E-state index contributed by atoms with van der Waals surface area (Å²) < 4.78 is 0. The van der Waals surface area contributed by atoms with Crippen LogP contribution in [0.25, 0.3) is 0 Å². The van der Waals surface area contributed by atoms with Crippen LogP contribution in [0.2, 0.25) is 5.02 Å². The SMILES string of the molecule is O=C(O)[C@H]1CCCCN1Cc1ccc(Cl)cc1. The van der Waals surface area contributed by atoms with E-state index in [0.29, 0.717) is 11.6 Å². The van der Waals surface area contributed by atoms with Gasteiger partial charge in [0.2, 0.25) is 0 Å². The molecule has 0 saturated carbocycles. The van der Waals surface area contributed by atoms with Gasteiger partial charge in [-0.1, -0.05) is 30.2 Å². The average molecular weight is 254 g/mol. The van der Waals surface area contributed by atoms with Crippen LogP contribution >= 0.6 is 11.6 Å². The monoisotopic (exact) mass is 253 g/mol. The quantitative estimate of drug-likeness (QED) is 0.901. The molecule has 2 rings (SSSR count). The van der Waals surface area contributed by atoms with Crippen LogP contribution in [0, 0.1) is 0 Å². The van der Waals surface area contributed by atoms with E-state index in [1.165, 1.54) is 0 Å². The number of carboxylic acid groups (broad SMARTS) is 1. The van der Waals surface area contributed by atoms with Crippen LogP contribution in [0.5, 0.6) is 0 Å². The van der Waals surface area contributed by atoms with Gasteiger partial charge in [-0.25, -0.2) is 0 Å². The van der Waals surface area contributed by atoms with E-state index in [2.05, 4.69) is 0 Å². The van der Waals surface area contributed by atoms with E-state index in [1.54, 1.807) is 0 Å². The highest BCUT2D eigenvalue weighted by atomic mass is 35.5. The summed E-state index contributed by atoms with van der Waals surface area (Å²) in [5.41, 5.74) is 1.11. The van der Waals surface area contributed by atoms with Gasteiger partial charge in [0.05, 0.1) is 0 Å². The summed E-state index contributed by atoms with van der Waals surface area (Å²) in [7, 11) is 0. The number of benzene rings is 1. The normalized spacial score (nSPS) is 21.4. The molecule has 92 valence electrons. The molecule has 1 N–H and O–H groups in total. The number of aliphatic carboxylic acids is 1. The maximum atomic E-state index is 11.1. The number of hydrogen-bond acceptors (Lipinski definition) is 2. The highest BCUT2D eigenvalue weighted by Crippen LogP contribution is 2.20. The molecular formula is C13H16ClNO2. The van der Waals surface area contributed by atoms with Crippen molar-refractivity contribution >= 4 is 17.6 Å². The van der Waals surface area contributed by atoms with Crippen LogP contribution in [0.4, 0.5) is 0 Å². The van der Waals surface area contributed by atoms with Crippen molar-refractivity contribution < 1.29 is 9.90 Å². The number of halogens is 1. The Balaban J connectivity index is 2.05. The van der Waals surface area contributed by atoms with Crippen molar-refractivity contribution in [1.82, 2.24) is 4.90 Å². The Morgan fingerprint density at radius 2 is 2.06 bits per heavy atom. The number of hydrogen-bond donors (Lipinski definition) is 1. The average Bonchev–Trinajstić information content (AvgIpc) is 2.32. The fourth-order valence-corrected chi connectivity index (χ4v) is 2.41. The fraction of sp³-hybridized carbons (Fsp3) is 0.462. The van der Waals surface area contributed by atoms with E-state index >= 15 is 0 Å². The fourth-order valence-electron chi connectivity index (χ4n) is 2.28. The number of likely N-dealkylation sites (tertiary alicyclic amines) is 1. The molecule has 4 heteroatoms. The van der Waals surface area contributed by atoms with Gasteiger partial charge in [-0.05, 0) is 37.1 Å². The van der Waals surface area contributed by atoms with Crippen molar-refractivity contribution in [2.75, 3.05) is 6.54 Å². The third-order valence-electron chi connectivity index (χ3n) is 3.20. The Labute approximate surface area is 106 Å². The largest absolute Gasteiger partial charge is 0.480 e. The minimum absolute atomic E-state index is 0.334. The molecule has 0 radical (unpaired) electrons. The molecule has 0 aromatic heterocycles. The van der Waals surface area contributed by atoms with E-state index in [0.717, 1.165) is 31.4 Å². The highest BCUT2D eigenvalue weighted by Gasteiger charge is 2.27. The van der Waals surface area contributed by atoms with Crippen molar-refractivity contribution in [3.05, 3.63) is 34.9 Å². The van der Waals surface area contributed by atoms with Gasteiger partial charge >= 0.3 is 5.97 Å². The van der Waals surface area contributed by atoms with Gasteiger partial charge in [-0.15, -0.1) is 0 Å². The number of carbonyl (C=O) groups is 1. The number of carboxylic acids is 1. The van der Waals surface area contributed by atoms with E-state index < -0.39 is 5.97 Å². The van der Waals surface area contributed by atoms with Crippen molar-refractivity contribution in [3.63, 3.8) is 0 Å². The molecule has 1 fully saturated rings. The first-order valence-electron chi connectivity index (χ1n) is 5.88. The molecule has 1 aromatic rings. The van der Waals surface area contributed by atoms with Crippen molar-refractivity contribution in [1.29, 1.82) is 0 Å². The minimum atomic E-state index is -0.710. The second kappa shape index (κ2) is 5.52. The molecule has 1 saturated heterocycles. The lowest BCUT2D eigenvalue weighted by molar-refractivity contribution is -0.144. The van der Waals surface area contributed by atoms with Crippen molar-refractivity contribution in [3.8, 4) is 0 Å². The molecule has 1 heterocycles. The second-order valence-corrected chi connectivity index (χ2v) is 4.88. The number of piperidine rings is 1. The van der Waals surface area contributed by atoms with Crippen LogP contribution < -0.4 is 0 Å². The Kier molecular flexibility index (Phi) is 4.02. The molecule has 0 bridgehead atoms. The molecule has 1 aliphatic rings. The maximum absolute atomic E-state index is 11.1. The highest BCUT2D eigenvalue weighted by molar-refractivity contribution is 6.30. The van der Waals surface area contributed by atoms with Gasteiger partial charge in [0.15, 0.2) is 0 Å². The first kappa shape index (κ1) is 12.4. The van der Waals surface area contributed by atoms with Crippen LogP contribution in [0.1, 0.15) is 24.8 Å². The summed E-state index contributed by atoms with van der Waals surface area (Å²) in [6.45, 7) is 1.55. The molecule has 1 aromatic carbocycles. The number of nitrogens with zero attached hydrogens (tertiary/aromatic N) is 1. The third-order valence-corrected chi connectivity index (χ3v) is 3.45. The second-order valence-electron chi connectivity index (χ2n) is 4.45. The Hall–Kier alpha value is -1.06. The molecule has 0 aliphatic carbocycles. The lowest BCUT2D eigenvalue weighted by Crippen LogP contribution is -2.43. The van der Waals surface area contributed by atoms with Crippen LogP contribution in [0.3, 0.4) is 0 Å². The van der Waals surface area contributed by atoms with Gasteiger partial charge < -0.3 is 5.11 Å². The van der Waals surface area contributed by atoms with Gasteiger partial charge in [-0.2, -0.15) is 0 Å². The summed E-state index contributed by atoms with van der Waals surface area (Å²) >= 11 is 5.83. The standard InChI is InChI=1S/C13H16ClNO2/c14-11-6-4-10(5-7-11)9-15-8-2-1-3-12(15)13(16)17/h4-7,12H,1-3,8-9H2,(H,16,17)/t12-/m1/s1. The Bertz CT molecular complexity index is 391. The van der Waals surface area contributed by atoms with Crippen molar-refractivity contribution in [2.24, 2.45) is 0 Å². The predicted octanol–water partition coefficient (Wildman–Crippen LogP) is 2.78. The molecule has 0 amide bonds. The first-order valence-corrected chi connectivity index (χ1v) is 6.26. The molecule has 17 heavy (non-hydrogen) atoms. The smallest absolute Gasteiger partial charge is 0.320 e. The van der Waals surface area contributed by atoms with E-state index in [-0.39, 0.29) is 6.04 Å². The van der Waals surface area contributed by atoms with Gasteiger partial charge in [0, 0.05) is 11.6 Å². The molecule has 0 spiro atoms. The molecule has 0 unspecified atom stereocenters. The van der Waals surface area contributed by atoms with Crippen LogP contribution in [-0.4, -0.2) is 28.6 Å². The topological polar surface area (TPSA) is 40.5 Å². The van der Waals surface area contributed by atoms with Crippen molar-refractivity contribution in [2.45, 2.75) is 31.8 Å².